The van der Waals surface area contributed by atoms with E-state index in [-0.39, 0.29) is 25.7 Å². The van der Waals surface area contributed by atoms with Crippen molar-refractivity contribution >= 4 is 42.3 Å². The summed E-state index contributed by atoms with van der Waals surface area (Å²) in [7, 11) is -3.18. The van der Waals surface area contributed by atoms with E-state index in [1.807, 2.05) is 73.7 Å². The van der Waals surface area contributed by atoms with Crippen molar-refractivity contribution in [3.05, 3.63) is 136 Å². The van der Waals surface area contributed by atoms with Crippen molar-refractivity contribution in [1.29, 1.82) is 0 Å². The first kappa shape index (κ1) is 44.0. The lowest BCUT2D eigenvalue weighted by molar-refractivity contribution is -0.143. The van der Waals surface area contributed by atoms with Gasteiger partial charge in [-0.1, -0.05) is 106 Å². The first-order chi connectivity index (χ1) is 28.7. The van der Waals surface area contributed by atoms with Crippen LogP contribution in [0.4, 0.5) is 36.4 Å². The normalized spacial score (nSPS) is 21.3. The Hall–Kier alpha value is -5.05. The summed E-state index contributed by atoms with van der Waals surface area (Å²) >= 11 is 0. The highest BCUT2D eigenvalue weighted by Crippen LogP contribution is 2.52. The van der Waals surface area contributed by atoms with E-state index in [1.165, 1.54) is 12.1 Å². The molecule has 0 radical (unpaired) electrons. The molecule has 14 heteroatoms. The second-order valence-electron chi connectivity index (χ2n) is 17.0. The van der Waals surface area contributed by atoms with Gasteiger partial charge in [0.15, 0.2) is 11.6 Å². The number of phenolic OH excluding ortho intramolecular Hbond substituents is 1. The van der Waals surface area contributed by atoms with Gasteiger partial charge in [0.2, 0.25) is 11.8 Å². The SMILES string of the molecule is CC/C(=C\c1ccc(O)c(F)c1)CC[C@H]1OC[C@H]2C1=C(CO[Si](c1ccccc1)(c1ccccc1)C(C)(C)C)C[C@H]1C(=O)N(c3cc(C(F)(F)F)cc(C(F)(F)F)c3)C(=O)[C@H]12. The Bertz CT molecular complexity index is 2280. The number of aromatic hydroxyl groups is 1. The number of anilines is 1. The first-order valence-corrected chi connectivity index (χ1v) is 22.1. The number of carbonyl (C=O) groups is 2. The molecule has 4 aromatic carbocycles. The summed E-state index contributed by atoms with van der Waals surface area (Å²) < 4.78 is 112. The molecule has 1 N–H and O–H groups in total. The fourth-order valence-electron chi connectivity index (χ4n) is 9.40. The fraction of sp³-hybridized carbons (Fsp3) is 0.362. The lowest BCUT2D eigenvalue weighted by atomic mass is 9.69. The third kappa shape index (κ3) is 8.46. The van der Waals surface area contributed by atoms with Gasteiger partial charge in [0, 0.05) is 5.92 Å². The number of amides is 2. The number of hydrogen-bond acceptors (Lipinski definition) is 5. The van der Waals surface area contributed by atoms with E-state index in [2.05, 4.69) is 20.8 Å². The first-order valence-electron chi connectivity index (χ1n) is 20.2. The van der Waals surface area contributed by atoms with Gasteiger partial charge in [-0.2, -0.15) is 26.3 Å². The maximum Gasteiger partial charge on any atom is 0.416 e. The average molecular weight is 866 g/mol. The Morgan fingerprint density at radius 2 is 1.43 bits per heavy atom. The molecule has 61 heavy (non-hydrogen) atoms. The van der Waals surface area contributed by atoms with E-state index < -0.39 is 89.8 Å². The zero-order valence-electron chi connectivity index (χ0n) is 34.0. The largest absolute Gasteiger partial charge is 0.505 e. The van der Waals surface area contributed by atoms with Crippen LogP contribution in [0.25, 0.3) is 6.08 Å². The van der Waals surface area contributed by atoms with E-state index in [0.29, 0.717) is 47.4 Å². The summed E-state index contributed by atoms with van der Waals surface area (Å²) in [5.74, 6) is -5.91. The average Bonchev–Trinajstić information content (AvgIpc) is 3.74. The number of nitrogens with zero attached hydrogens (tertiary/aromatic N) is 1. The van der Waals surface area contributed by atoms with Crippen molar-refractivity contribution in [3.8, 4) is 5.75 Å². The molecule has 0 bridgehead atoms. The van der Waals surface area contributed by atoms with Gasteiger partial charge in [-0.25, -0.2) is 9.29 Å². The molecule has 2 saturated heterocycles. The number of hydrogen-bond donors (Lipinski definition) is 1. The summed E-state index contributed by atoms with van der Waals surface area (Å²) in [6, 6.07) is 24.6. The summed E-state index contributed by atoms with van der Waals surface area (Å²) in [4.78, 5) is 29.2. The summed E-state index contributed by atoms with van der Waals surface area (Å²) in [6.07, 6.45) is -7.64. The second-order valence-corrected chi connectivity index (χ2v) is 21.3. The number of carbonyl (C=O) groups excluding carboxylic acids is 2. The zero-order chi connectivity index (χ0) is 44.1. The van der Waals surface area contributed by atoms with Gasteiger partial charge < -0.3 is 14.3 Å². The van der Waals surface area contributed by atoms with E-state index >= 15 is 0 Å². The number of alkyl halides is 6. The Balaban J connectivity index is 1.30. The molecule has 0 saturated carbocycles. The van der Waals surface area contributed by atoms with Gasteiger partial charge in [-0.3, -0.25) is 9.59 Å². The number of ether oxygens (including phenoxy) is 1. The Morgan fingerprint density at radius 1 is 0.836 bits per heavy atom. The Kier molecular flexibility index (Phi) is 12.0. The number of halogens is 7. The van der Waals surface area contributed by atoms with E-state index in [1.54, 1.807) is 6.07 Å². The minimum atomic E-state index is -5.19. The molecule has 7 rings (SSSR count). The van der Waals surface area contributed by atoms with Crippen LogP contribution in [0.15, 0.2) is 114 Å². The minimum Gasteiger partial charge on any atom is -0.505 e. The maximum absolute atomic E-state index is 14.4. The molecule has 1 aliphatic carbocycles. The van der Waals surface area contributed by atoms with Crippen molar-refractivity contribution in [2.24, 2.45) is 17.8 Å². The molecule has 2 heterocycles. The van der Waals surface area contributed by atoms with Crippen LogP contribution in [0.2, 0.25) is 5.04 Å². The lowest BCUT2D eigenvalue weighted by Crippen LogP contribution is -2.66. The Morgan fingerprint density at radius 3 is 1.95 bits per heavy atom. The highest BCUT2D eigenvalue weighted by molar-refractivity contribution is 6.99. The molecular weight excluding hydrogens is 820 g/mol. The number of phenols is 1. The second kappa shape index (κ2) is 16.7. The number of allylic oxidation sites excluding steroid dienone is 1. The standard InChI is InChI=1S/C47H46F7NO5Si/c1-5-28(20-29-16-18-39(56)38(48)21-29)17-19-40-41-30(26-60-61(45(2,3)4,34-12-8-6-9-13-34)35-14-10-7-11-15-35)22-36-42(37(41)27-59-40)44(58)55(43(36)57)33-24-31(46(49,50)51)23-32(25-33)47(52,53)54/h6-16,18,20-21,23-25,36-37,40,42,56H,5,17,19,22,26-27H2,1-4H3/b28-20+/t36-,37+,40-,42-/m1/s1. The van der Waals surface area contributed by atoms with Crippen LogP contribution in [0.1, 0.15) is 70.1 Å². The molecule has 0 aromatic heterocycles. The zero-order valence-corrected chi connectivity index (χ0v) is 35.0. The molecule has 4 aromatic rings. The quantitative estimate of drug-likeness (QED) is 0.0704. The molecule has 3 aliphatic rings. The number of rotatable bonds is 11. The number of fused-ring (bicyclic) bond motifs is 3. The minimum absolute atomic E-state index is 0.0124. The van der Waals surface area contributed by atoms with Gasteiger partial charge in [0.05, 0.1) is 48.0 Å². The third-order valence-corrected chi connectivity index (χ3v) is 17.2. The van der Waals surface area contributed by atoms with Crippen LogP contribution in [0.3, 0.4) is 0 Å². The highest BCUT2D eigenvalue weighted by Gasteiger charge is 2.58. The van der Waals surface area contributed by atoms with E-state index in [4.69, 9.17) is 9.16 Å². The van der Waals surface area contributed by atoms with Gasteiger partial charge in [0.25, 0.3) is 8.32 Å². The topological polar surface area (TPSA) is 76.1 Å². The van der Waals surface area contributed by atoms with Crippen LogP contribution in [0, 0.1) is 23.6 Å². The number of benzene rings is 4. The van der Waals surface area contributed by atoms with Gasteiger partial charge in [-0.05, 0) is 88.1 Å². The smallest absolute Gasteiger partial charge is 0.416 e. The van der Waals surface area contributed by atoms with Gasteiger partial charge in [0.1, 0.15) is 0 Å². The van der Waals surface area contributed by atoms with Crippen molar-refractivity contribution in [3.63, 3.8) is 0 Å². The molecule has 0 unspecified atom stereocenters. The monoisotopic (exact) mass is 865 g/mol. The summed E-state index contributed by atoms with van der Waals surface area (Å²) in [6.45, 7) is 8.29. The summed E-state index contributed by atoms with van der Waals surface area (Å²) in [5.41, 5.74) is -1.12. The highest BCUT2D eigenvalue weighted by atomic mass is 28.4. The Labute approximate surface area is 350 Å². The van der Waals surface area contributed by atoms with Gasteiger partial charge in [-0.15, -0.1) is 0 Å². The molecule has 0 spiro atoms. The van der Waals surface area contributed by atoms with Gasteiger partial charge >= 0.3 is 12.4 Å². The molecule has 2 aliphatic heterocycles. The molecule has 2 amide bonds. The molecule has 4 atom stereocenters. The van der Waals surface area contributed by atoms with Crippen molar-refractivity contribution in [1.82, 2.24) is 0 Å². The van der Waals surface area contributed by atoms with Crippen LogP contribution in [-0.2, 0) is 31.1 Å². The molecule has 2 fully saturated rings. The van der Waals surface area contributed by atoms with E-state index in [0.717, 1.165) is 21.5 Å². The van der Waals surface area contributed by atoms with Crippen molar-refractivity contribution in [2.45, 2.75) is 76.9 Å². The fourth-order valence-corrected chi connectivity index (χ4v) is 13.9. The van der Waals surface area contributed by atoms with Crippen LogP contribution in [-0.4, -0.2) is 44.6 Å². The molecular formula is C47H46F7NO5Si. The third-order valence-electron chi connectivity index (χ3n) is 12.2. The predicted molar refractivity (Wildman–Crippen MR) is 220 cm³/mol. The maximum atomic E-state index is 14.4. The number of imide groups is 1. The predicted octanol–water partition coefficient (Wildman–Crippen LogP) is 10.2. The van der Waals surface area contributed by atoms with Crippen LogP contribution in [0.5, 0.6) is 5.75 Å². The molecule has 6 nitrogen and oxygen atoms in total. The molecule has 322 valence electrons. The van der Waals surface area contributed by atoms with Crippen LogP contribution >= 0.6 is 0 Å². The van der Waals surface area contributed by atoms with E-state index in [9.17, 15) is 45.4 Å². The van der Waals surface area contributed by atoms with Crippen LogP contribution < -0.4 is 15.3 Å². The van der Waals surface area contributed by atoms with Crippen molar-refractivity contribution in [2.75, 3.05) is 18.1 Å². The van der Waals surface area contributed by atoms with Crippen molar-refractivity contribution < 1.29 is 54.6 Å². The lowest BCUT2D eigenvalue weighted by Gasteiger charge is -2.44. The summed E-state index contributed by atoms with van der Waals surface area (Å²) in [5, 5.41) is 11.2.